The number of furan rings is 1. The van der Waals surface area contributed by atoms with E-state index in [1.54, 1.807) is 0 Å². The quantitative estimate of drug-likeness (QED) is 0.178. The van der Waals surface area contributed by atoms with Gasteiger partial charge in [0.2, 0.25) is 0 Å². The summed E-state index contributed by atoms with van der Waals surface area (Å²) in [6, 6.07) is 47.8. The first-order chi connectivity index (χ1) is 25.1. The summed E-state index contributed by atoms with van der Waals surface area (Å²) in [5.74, 6) is 0.260. The maximum absolute atomic E-state index is 6.94. The van der Waals surface area contributed by atoms with Crippen molar-refractivity contribution in [3.63, 3.8) is 0 Å². The summed E-state index contributed by atoms with van der Waals surface area (Å²) >= 11 is 0. The van der Waals surface area contributed by atoms with Gasteiger partial charge in [0.1, 0.15) is 5.58 Å². The first kappa shape index (κ1) is 28.4. The van der Waals surface area contributed by atoms with E-state index in [9.17, 15) is 0 Å². The van der Waals surface area contributed by atoms with Crippen molar-refractivity contribution in [3.05, 3.63) is 174 Å². The molecule has 0 saturated carbocycles. The van der Waals surface area contributed by atoms with Gasteiger partial charge < -0.3 is 8.98 Å². The summed E-state index contributed by atoms with van der Waals surface area (Å²) < 4.78 is 9.36. The van der Waals surface area contributed by atoms with E-state index in [-0.39, 0.29) is 11.3 Å². The van der Waals surface area contributed by atoms with Crippen LogP contribution in [0, 0.1) is 0 Å². The molecule has 0 amide bonds. The van der Waals surface area contributed by atoms with E-state index in [1.165, 1.54) is 38.5 Å². The van der Waals surface area contributed by atoms with Gasteiger partial charge in [-0.1, -0.05) is 111 Å². The van der Waals surface area contributed by atoms with E-state index in [0.29, 0.717) is 0 Å². The zero-order valence-electron chi connectivity index (χ0n) is 28.3. The highest BCUT2D eigenvalue weighted by Crippen LogP contribution is 2.53. The lowest BCUT2D eigenvalue weighted by Crippen LogP contribution is -2.16. The number of para-hydroxylation sites is 3. The Hall–Kier alpha value is -6.41. The van der Waals surface area contributed by atoms with Crippen LogP contribution in [0.3, 0.4) is 0 Å². The number of hydrogen-bond donors (Lipinski definition) is 0. The molecular weight excluding hydrogens is 621 g/mol. The van der Waals surface area contributed by atoms with Gasteiger partial charge in [-0.15, -0.1) is 5.73 Å². The van der Waals surface area contributed by atoms with Gasteiger partial charge in [0.05, 0.1) is 27.9 Å². The molecule has 0 bridgehead atoms. The van der Waals surface area contributed by atoms with Gasteiger partial charge in [0.15, 0.2) is 5.58 Å². The van der Waals surface area contributed by atoms with Crippen molar-refractivity contribution < 1.29 is 4.42 Å². The first-order valence-electron chi connectivity index (χ1n) is 17.7. The van der Waals surface area contributed by atoms with Crippen molar-refractivity contribution >= 4 is 54.6 Å². The van der Waals surface area contributed by atoms with Crippen molar-refractivity contribution in [2.45, 2.75) is 25.2 Å². The third-order valence-electron chi connectivity index (χ3n) is 11.3. The van der Waals surface area contributed by atoms with Crippen LogP contribution in [0.25, 0.3) is 82.7 Å². The summed E-state index contributed by atoms with van der Waals surface area (Å²) in [5, 5.41) is 5.83. The number of pyridine rings is 1. The molecule has 9 aromatic rings. The Balaban J connectivity index is 1.19. The summed E-state index contributed by atoms with van der Waals surface area (Å²) in [7, 11) is 0. The summed E-state index contributed by atoms with van der Waals surface area (Å²) in [6.45, 7) is 4.72. The van der Waals surface area contributed by atoms with Gasteiger partial charge in [0, 0.05) is 43.8 Å². The fraction of sp³-hybridized carbons (Fsp3) is 0.0833. The molecule has 6 aromatic carbocycles. The molecule has 0 spiro atoms. The Labute approximate surface area is 295 Å². The Morgan fingerprint density at radius 1 is 0.686 bits per heavy atom. The molecule has 11 rings (SSSR count). The average Bonchev–Trinajstić information content (AvgIpc) is 3.80. The minimum atomic E-state index is -0.0865. The van der Waals surface area contributed by atoms with Gasteiger partial charge in [-0.05, 0) is 82.4 Å². The molecule has 3 heterocycles. The SMILES string of the molecule is CC1(C)C2=CC=C=CC2c2cc3c4ccccc4n(-c4cccc5c4oc4cccc(-c6cc(-c7ccccc7)nc7ccccc67)c45)c3cc21. The second-order valence-electron chi connectivity index (χ2n) is 14.4. The largest absolute Gasteiger partial charge is 0.454 e. The van der Waals surface area contributed by atoms with Crippen LogP contribution < -0.4 is 0 Å². The van der Waals surface area contributed by atoms with Crippen LogP contribution in [0.1, 0.15) is 30.9 Å². The van der Waals surface area contributed by atoms with Crippen LogP contribution in [0.15, 0.2) is 167 Å². The molecule has 51 heavy (non-hydrogen) atoms. The predicted molar refractivity (Wildman–Crippen MR) is 211 cm³/mol. The van der Waals surface area contributed by atoms with Crippen LogP contribution >= 0.6 is 0 Å². The predicted octanol–water partition coefficient (Wildman–Crippen LogP) is 12.6. The fourth-order valence-corrected chi connectivity index (χ4v) is 8.97. The molecule has 0 fully saturated rings. The number of nitrogens with zero attached hydrogens (tertiary/aromatic N) is 2. The molecule has 3 aromatic heterocycles. The minimum Gasteiger partial charge on any atom is -0.454 e. The van der Waals surface area contributed by atoms with Crippen LogP contribution in [0.5, 0.6) is 0 Å². The Morgan fingerprint density at radius 3 is 2.37 bits per heavy atom. The van der Waals surface area contributed by atoms with E-state index < -0.39 is 0 Å². The number of allylic oxidation sites excluding steroid dienone is 3. The summed E-state index contributed by atoms with van der Waals surface area (Å²) in [6.07, 6.45) is 6.56. The molecular formula is C48H32N2O. The third kappa shape index (κ3) is 3.93. The van der Waals surface area contributed by atoms with E-state index in [0.717, 1.165) is 60.9 Å². The molecule has 0 N–H and O–H groups in total. The van der Waals surface area contributed by atoms with Crippen molar-refractivity contribution in [3.8, 4) is 28.1 Å². The molecule has 1 atom stereocenters. The third-order valence-corrected chi connectivity index (χ3v) is 11.3. The highest BCUT2D eigenvalue weighted by Gasteiger charge is 2.41. The van der Waals surface area contributed by atoms with E-state index >= 15 is 0 Å². The number of benzene rings is 6. The van der Waals surface area contributed by atoms with Crippen LogP contribution in [0.4, 0.5) is 0 Å². The average molecular weight is 653 g/mol. The molecule has 3 nitrogen and oxygen atoms in total. The Kier molecular flexibility index (Phi) is 5.75. The molecule has 2 aliphatic carbocycles. The second-order valence-corrected chi connectivity index (χ2v) is 14.4. The van der Waals surface area contributed by atoms with Gasteiger partial charge in [-0.25, -0.2) is 4.98 Å². The zero-order chi connectivity index (χ0) is 33.8. The molecule has 0 aliphatic heterocycles. The van der Waals surface area contributed by atoms with Gasteiger partial charge in [-0.2, -0.15) is 0 Å². The van der Waals surface area contributed by atoms with Crippen molar-refractivity contribution in [1.82, 2.24) is 9.55 Å². The summed E-state index contributed by atoms with van der Waals surface area (Å²) in [5.41, 5.74) is 18.0. The lowest BCUT2D eigenvalue weighted by molar-refractivity contribution is 0.634. The maximum atomic E-state index is 6.94. The van der Waals surface area contributed by atoms with Gasteiger partial charge in [0.25, 0.3) is 0 Å². The molecule has 0 radical (unpaired) electrons. The molecule has 1 unspecified atom stereocenters. The Morgan fingerprint density at radius 2 is 1.47 bits per heavy atom. The zero-order valence-corrected chi connectivity index (χ0v) is 28.3. The van der Waals surface area contributed by atoms with E-state index in [2.05, 4.69) is 170 Å². The minimum absolute atomic E-state index is 0.0865. The molecule has 0 saturated heterocycles. The van der Waals surface area contributed by atoms with Crippen LogP contribution in [-0.4, -0.2) is 9.55 Å². The maximum Gasteiger partial charge on any atom is 0.159 e. The fourth-order valence-electron chi connectivity index (χ4n) is 8.97. The number of rotatable bonds is 3. The highest BCUT2D eigenvalue weighted by molar-refractivity contribution is 6.18. The van der Waals surface area contributed by atoms with Crippen molar-refractivity contribution in [2.24, 2.45) is 0 Å². The van der Waals surface area contributed by atoms with Crippen molar-refractivity contribution in [2.75, 3.05) is 0 Å². The van der Waals surface area contributed by atoms with Gasteiger partial charge in [-0.3, -0.25) is 0 Å². The lowest BCUT2D eigenvalue weighted by Gasteiger charge is -2.23. The van der Waals surface area contributed by atoms with E-state index in [4.69, 9.17) is 9.40 Å². The number of hydrogen-bond acceptors (Lipinski definition) is 2. The smallest absolute Gasteiger partial charge is 0.159 e. The first-order valence-corrected chi connectivity index (χ1v) is 17.7. The molecule has 2 aliphatic rings. The van der Waals surface area contributed by atoms with Gasteiger partial charge >= 0.3 is 0 Å². The highest BCUT2D eigenvalue weighted by atomic mass is 16.3. The standard InChI is InChI=1S/C48H32N2O/c1-48(2)38-21-9-6-16-30(38)36-26-37-32-18-8-11-23-42(32)50(44(37)28-39(36)48)43-24-12-20-34-46-33(19-13-25-45(46)51-47(34)43)35-27-41(29-14-4-3-5-15-29)49-40-22-10-7-17-31(35)40/h3-5,7-28,30H,1-2H3. The topological polar surface area (TPSA) is 31.0 Å². The van der Waals surface area contributed by atoms with E-state index in [1.807, 2.05) is 6.07 Å². The van der Waals surface area contributed by atoms with Crippen LogP contribution in [-0.2, 0) is 5.41 Å². The molecule has 3 heteroatoms. The molecule has 240 valence electrons. The van der Waals surface area contributed by atoms with Crippen LogP contribution in [0.2, 0.25) is 0 Å². The number of aromatic nitrogens is 2. The summed E-state index contributed by atoms with van der Waals surface area (Å²) in [4.78, 5) is 5.09. The second kappa shape index (κ2) is 10.3. The van der Waals surface area contributed by atoms with Crippen molar-refractivity contribution in [1.29, 1.82) is 0 Å². The monoisotopic (exact) mass is 652 g/mol. The Bertz CT molecular complexity index is 3040. The number of fused-ring (bicyclic) bond motifs is 10. The lowest BCUT2D eigenvalue weighted by atomic mass is 9.80. The normalized spacial score (nSPS) is 16.0.